The smallest absolute Gasteiger partial charge is 0.0615 e. The molecule has 0 aromatic rings. The number of hydrogen-bond acceptors (Lipinski definition) is 1. The van der Waals surface area contributed by atoms with Crippen LogP contribution in [0.5, 0.6) is 0 Å². The first-order valence-corrected chi connectivity index (χ1v) is 2.20. The van der Waals surface area contributed by atoms with Gasteiger partial charge >= 0.3 is 0 Å². The van der Waals surface area contributed by atoms with Crippen molar-refractivity contribution < 1.29 is 5.11 Å². The van der Waals surface area contributed by atoms with Crippen LogP contribution >= 0.6 is 0 Å². The summed E-state index contributed by atoms with van der Waals surface area (Å²) >= 11 is 0. The lowest BCUT2D eigenvalue weighted by Gasteiger charge is -1.79. The topological polar surface area (TPSA) is 20.2 Å². The van der Waals surface area contributed by atoms with Crippen molar-refractivity contribution in [3.8, 4) is 0 Å². The summed E-state index contributed by atoms with van der Waals surface area (Å²) in [7, 11) is 0. The number of aliphatic hydroxyl groups excluding tert-OH is 1. The second kappa shape index (κ2) is 3.62. The molecule has 0 rings (SSSR count). The molecule has 0 aromatic carbocycles. The molecule has 1 nitrogen and oxygen atoms in total. The molecule has 0 radical (unpaired) electrons. The van der Waals surface area contributed by atoms with Gasteiger partial charge < -0.3 is 5.11 Å². The molecule has 0 saturated carbocycles. The van der Waals surface area contributed by atoms with Crippen molar-refractivity contribution in [3.63, 3.8) is 0 Å². The lowest BCUT2D eigenvalue weighted by Crippen LogP contribution is -1.69. The normalized spacial score (nSPS) is 10.0. The minimum absolute atomic E-state index is 0.104. The molecule has 0 aromatic heterocycles. The van der Waals surface area contributed by atoms with Gasteiger partial charge in [-0.1, -0.05) is 24.3 Å². The maximum Gasteiger partial charge on any atom is 0.0615 e. The Morgan fingerprint density at radius 3 is 2.57 bits per heavy atom. The monoisotopic (exact) mass is 98.1 g/mol. The Balaban J connectivity index is 3.26. The molecule has 40 valence electrons. The lowest BCUT2D eigenvalue weighted by molar-refractivity contribution is 0.342. The summed E-state index contributed by atoms with van der Waals surface area (Å²) in [5.41, 5.74) is 0.967. The van der Waals surface area contributed by atoms with E-state index in [4.69, 9.17) is 5.11 Å². The Labute approximate surface area is 44.0 Å². The molecule has 1 N–H and O–H groups in total. The SMILES string of the molecule is C=C(C)/C=C/CO. The van der Waals surface area contributed by atoms with Gasteiger partial charge in [-0.05, 0) is 6.92 Å². The molecule has 0 fully saturated rings. The highest BCUT2D eigenvalue weighted by Crippen LogP contribution is 1.85. The van der Waals surface area contributed by atoms with E-state index in [1.807, 2.05) is 6.92 Å². The van der Waals surface area contributed by atoms with E-state index in [0.717, 1.165) is 5.57 Å². The van der Waals surface area contributed by atoms with Crippen LogP contribution < -0.4 is 0 Å². The molecule has 0 heterocycles. The van der Waals surface area contributed by atoms with Gasteiger partial charge in [0.2, 0.25) is 0 Å². The molecule has 1 heteroatoms. The lowest BCUT2D eigenvalue weighted by atomic mass is 10.3. The zero-order valence-electron chi connectivity index (χ0n) is 4.52. The molecule has 0 bridgehead atoms. The predicted octanol–water partition coefficient (Wildman–Crippen LogP) is 1.11. The molecule has 0 aliphatic rings. The second-order valence-electron chi connectivity index (χ2n) is 1.43. The maximum absolute atomic E-state index is 8.19. The van der Waals surface area contributed by atoms with Crippen LogP contribution in [0.25, 0.3) is 0 Å². The van der Waals surface area contributed by atoms with Gasteiger partial charge in [0.15, 0.2) is 0 Å². The van der Waals surface area contributed by atoms with Gasteiger partial charge in [0, 0.05) is 0 Å². The quantitative estimate of drug-likeness (QED) is 0.513. The first-order valence-electron chi connectivity index (χ1n) is 2.20. The van der Waals surface area contributed by atoms with Crippen molar-refractivity contribution >= 4 is 0 Å². The summed E-state index contributed by atoms with van der Waals surface area (Å²) < 4.78 is 0. The zero-order valence-corrected chi connectivity index (χ0v) is 4.52. The molecular formula is C6H10O. The standard InChI is InChI=1S/C6H10O/c1-6(2)4-3-5-7/h3-4,7H,1,5H2,2H3/b4-3+. The summed E-state index contributed by atoms with van der Waals surface area (Å²) in [5, 5.41) is 8.19. The Morgan fingerprint density at radius 1 is 1.86 bits per heavy atom. The first-order chi connectivity index (χ1) is 3.27. The highest BCUT2D eigenvalue weighted by molar-refractivity contribution is 5.10. The summed E-state index contributed by atoms with van der Waals surface area (Å²) in [6, 6.07) is 0. The van der Waals surface area contributed by atoms with Crippen molar-refractivity contribution in [2.24, 2.45) is 0 Å². The van der Waals surface area contributed by atoms with Gasteiger partial charge in [0.05, 0.1) is 6.61 Å². The van der Waals surface area contributed by atoms with E-state index in [2.05, 4.69) is 6.58 Å². The van der Waals surface area contributed by atoms with E-state index in [-0.39, 0.29) is 6.61 Å². The fourth-order valence-corrected chi connectivity index (χ4v) is 0.254. The number of allylic oxidation sites excluding steroid dienone is 2. The van der Waals surface area contributed by atoms with Crippen molar-refractivity contribution in [2.75, 3.05) is 6.61 Å². The summed E-state index contributed by atoms with van der Waals surface area (Å²) in [6.07, 6.45) is 3.43. The Hall–Kier alpha value is -0.560. The summed E-state index contributed by atoms with van der Waals surface area (Å²) in [4.78, 5) is 0. The molecule has 0 atom stereocenters. The number of hydrogen-bond donors (Lipinski definition) is 1. The number of aliphatic hydroxyl groups is 1. The van der Waals surface area contributed by atoms with E-state index in [1.165, 1.54) is 0 Å². The van der Waals surface area contributed by atoms with Gasteiger partial charge in [-0.15, -0.1) is 0 Å². The van der Waals surface area contributed by atoms with Gasteiger partial charge in [0.25, 0.3) is 0 Å². The molecule has 0 aliphatic heterocycles. The Kier molecular flexibility index (Phi) is 3.33. The third-order valence-corrected chi connectivity index (χ3v) is 0.508. The molecular weight excluding hydrogens is 88.1 g/mol. The second-order valence-corrected chi connectivity index (χ2v) is 1.43. The highest BCUT2D eigenvalue weighted by atomic mass is 16.2. The summed E-state index contributed by atoms with van der Waals surface area (Å²) in [6.45, 7) is 5.58. The van der Waals surface area contributed by atoms with E-state index < -0.39 is 0 Å². The molecule has 0 unspecified atom stereocenters. The first kappa shape index (κ1) is 6.44. The number of rotatable bonds is 2. The van der Waals surface area contributed by atoms with Gasteiger partial charge in [-0.25, -0.2) is 0 Å². The highest BCUT2D eigenvalue weighted by Gasteiger charge is 1.68. The minimum atomic E-state index is 0.104. The Morgan fingerprint density at radius 2 is 2.43 bits per heavy atom. The predicted molar refractivity (Wildman–Crippen MR) is 31.0 cm³/mol. The van der Waals surface area contributed by atoms with Gasteiger partial charge in [-0.2, -0.15) is 0 Å². The van der Waals surface area contributed by atoms with Crippen LogP contribution in [0, 0.1) is 0 Å². The molecule has 0 aliphatic carbocycles. The average molecular weight is 98.1 g/mol. The third-order valence-electron chi connectivity index (χ3n) is 0.508. The molecule has 0 amide bonds. The summed E-state index contributed by atoms with van der Waals surface area (Å²) in [5.74, 6) is 0. The Bertz CT molecular complexity index is 82.2. The zero-order chi connectivity index (χ0) is 5.70. The average Bonchev–Trinajstić information content (AvgIpc) is 1.61. The van der Waals surface area contributed by atoms with Gasteiger partial charge in [-0.3, -0.25) is 0 Å². The van der Waals surface area contributed by atoms with Crippen LogP contribution in [0.15, 0.2) is 24.3 Å². The maximum atomic E-state index is 8.19. The van der Waals surface area contributed by atoms with E-state index in [9.17, 15) is 0 Å². The fourth-order valence-electron chi connectivity index (χ4n) is 0.254. The van der Waals surface area contributed by atoms with E-state index in [0.29, 0.717) is 0 Å². The fraction of sp³-hybridized carbons (Fsp3) is 0.333. The molecule has 0 spiro atoms. The van der Waals surface area contributed by atoms with Crippen LogP contribution in [-0.4, -0.2) is 11.7 Å². The van der Waals surface area contributed by atoms with Gasteiger partial charge in [0.1, 0.15) is 0 Å². The molecule has 7 heavy (non-hydrogen) atoms. The molecule has 0 saturated heterocycles. The van der Waals surface area contributed by atoms with E-state index >= 15 is 0 Å². The third kappa shape index (κ3) is 5.44. The van der Waals surface area contributed by atoms with Crippen molar-refractivity contribution in [1.82, 2.24) is 0 Å². The van der Waals surface area contributed by atoms with Crippen molar-refractivity contribution in [1.29, 1.82) is 0 Å². The largest absolute Gasteiger partial charge is 0.392 e. The van der Waals surface area contributed by atoms with Crippen LogP contribution in [-0.2, 0) is 0 Å². The van der Waals surface area contributed by atoms with Crippen LogP contribution in [0.1, 0.15) is 6.92 Å². The van der Waals surface area contributed by atoms with Crippen LogP contribution in [0.4, 0.5) is 0 Å². The van der Waals surface area contributed by atoms with Crippen LogP contribution in [0.2, 0.25) is 0 Å². The van der Waals surface area contributed by atoms with Crippen molar-refractivity contribution in [2.45, 2.75) is 6.92 Å². The van der Waals surface area contributed by atoms with E-state index in [1.54, 1.807) is 12.2 Å². The minimum Gasteiger partial charge on any atom is -0.392 e. The van der Waals surface area contributed by atoms with Crippen molar-refractivity contribution in [3.05, 3.63) is 24.3 Å². The van der Waals surface area contributed by atoms with Crippen LogP contribution in [0.3, 0.4) is 0 Å².